The molecule has 2 aromatic heterocycles. The molecule has 2 fully saturated rings. The number of hydrogen-bond acceptors (Lipinski definition) is 6. The highest BCUT2D eigenvalue weighted by Crippen LogP contribution is 2.43. The largest absolute Gasteiger partial charge is 0.493 e. The Morgan fingerprint density at radius 2 is 1.73 bits per heavy atom. The Bertz CT molecular complexity index is 1600. The maximum Gasteiger partial charge on any atom is 0.274 e. The lowest BCUT2D eigenvalue weighted by atomic mass is 9.84. The normalized spacial score (nSPS) is 16.7. The Morgan fingerprint density at radius 1 is 0.976 bits per heavy atom. The Morgan fingerprint density at radius 3 is 2.46 bits per heavy atom. The van der Waals surface area contributed by atoms with Gasteiger partial charge < -0.3 is 34.3 Å². The van der Waals surface area contributed by atoms with Crippen molar-refractivity contribution in [2.24, 2.45) is 18.9 Å². The fourth-order valence-electron chi connectivity index (χ4n) is 6.27. The highest BCUT2D eigenvalue weighted by molar-refractivity contribution is 5.96. The maximum atomic E-state index is 12.7. The topological polar surface area (TPSA) is 91.8 Å². The minimum atomic E-state index is -1.05. The monoisotopic (exact) mass is 556 g/mol. The van der Waals surface area contributed by atoms with E-state index < -0.39 is 5.60 Å². The zero-order valence-electron chi connectivity index (χ0n) is 24.4. The molecule has 0 atom stereocenters. The van der Waals surface area contributed by atoms with Crippen molar-refractivity contribution in [3.05, 3.63) is 70.8 Å². The Balaban J connectivity index is 1.29. The van der Waals surface area contributed by atoms with Crippen molar-refractivity contribution in [2.75, 3.05) is 38.2 Å². The number of anilines is 1. The number of aromatic amines is 1. The number of aliphatic hydroxyl groups is 1. The van der Waals surface area contributed by atoms with Gasteiger partial charge in [0.05, 0.1) is 12.7 Å². The van der Waals surface area contributed by atoms with Crippen LogP contribution >= 0.6 is 0 Å². The van der Waals surface area contributed by atoms with Gasteiger partial charge in [0.1, 0.15) is 11.3 Å². The van der Waals surface area contributed by atoms with Gasteiger partial charge in [0, 0.05) is 60.8 Å². The van der Waals surface area contributed by atoms with Crippen molar-refractivity contribution in [3.63, 3.8) is 0 Å². The molecule has 2 aromatic carbocycles. The van der Waals surface area contributed by atoms with Crippen LogP contribution < -0.4 is 25.2 Å². The van der Waals surface area contributed by atoms with Crippen molar-refractivity contribution >= 4 is 16.6 Å². The predicted octanol–water partition coefficient (Wildman–Crippen LogP) is 5.39. The highest BCUT2D eigenvalue weighted by Gasteiger charge is 2.30. The number of pyridine rings is 1. The third kappa shape index (κ3) is 5.46. The van der Waals surface area contributed by atoms with E-state index in [2.05, 4.69) is 27.3 Å². The number of H-pyrrole nitrogens is 1. The number of hydrogen-bond donors (Lipinski definition) is 3. The number of ether oxygens (including phenoxy) is 2. The van der Waals surface area contributed by atoms with Gasteiger partial charge in [0.25, 0.3) is 5.56 Å². The maximum absolute atomic E-state index is 12.7. The molecule has 8 heteroatoms. The van der Waals surface area contributed by atoms with Gasteiger partial charge in [-0.25, -0.2) is 0 Å². The zero-order valence-corrected chi connectivity index (χ0v) is 24.4. The van der Waals surface area contributed by atoms with E-state index in [0.717, 1.165) is 65.8 Å². The molecule has 3 N–H and O–H groups in total. The summed E-state index contributed by atoms with van der Waals surface area (Å²) in [6.45, 7) is 7.98. The van der Waals surface area contributed by atoms with E-state index in [1.807, 2.05) is 36.5 Å². The number of benzene rings is 2. The second kappa shape index (κ2) is 10.9. The van der Waals surface area contributed by atoms with Crippen LogP contribution in [0, 0.1) is 11.8 Å². The van der Waals surface area contributed by atoms with E-state index in [4.69, 9.17) is 9.47 Å². The average molecular weight is 557 g/mol. The molecule has 41 heavy (non-hydrogen) atoms. The lowest BCUT2D eigenvalue weighted by Crippen LogP contribution is -2.48. The molecule has 0 aliphatic carbocycles. The molecular formula is C33H40N4O4. The molecule has 8 nitrogen and oxygen atoms in total. The first-order valence-corrected chi connectivity index (χ1v) is 14.6. The summed E-state index contributed by atoms with van der Waals surface area (Å²) in [7, 11) is 3.40. The molecule has 0 unspecified atom stereocenters. The number of rotatable bonds is 8. The molecule has 0 saturated carbocycles. The van der Waals surface area contributed by atoms with Gasteiger partial charge in [-0.05, 0) is 93.9 Å². The van der Waals surface area contributed by atoms with Crippen LogP contribution in [0.5, 0.6) is 17.2 Å². The lowest BCUT2D eigenvalue weighted by Gasteiger charge is -2.43. The van der Waals surface area contributed by atoms with Gasteiger partial charge in [-0.3, -0.25) is 4.79 Å². The van der Waals surface area contributed by atoms with Crippen LogP contribution in [0.2, 0.25) is 0 Å². The van der Waals surface area contributed by atoms with E-state index in [9.17, 15) is 9.90 Å². The number of nitrogens with zero attached hydrogens (tertiary/aromatic N) is 2. The van der Waals surface area contributed by atoms with Gasteiger partial charge in [0.15, 0.2) is 11.5 Å². The fraction of sp³-hybridized carbons (Fsp3) is 0.424. The number of aryl methyl sites for hydroxylation is 1. The smallest absolute Gasteiger partial charge is 0.274 e. The summed E-state index contributed by atoms with van der Waals surface area (Å²) in [5, 5.41) is 15.0. The summed E-state index contributed by atoms with van der Waals surface area (Å²) in [5.41, 5.74) is 2.88. The molecular weight excluding hydrogens is 516 g/mol. The summed E-state index contributed by atoms with van der Waals surface area (Å²) in [6.07, 6.45) is 7.50. The summed E-state index contributed by atoms with van der Waals surface area (Å²) in [4.78, 5) is 18.2. The van der Waals surface area contributed by atoms with Crippen LogP contribution in [-0.4, -0.2) is 47.9 Å². The summed E-state index contributed by atoms with van der Waals surface area (Å²) >= 11 is 0. The molecule has 2 aliphatic rings. The van der Waals surface area contributed by atoms with Crippen LogP contribution in [0.15, 0.2) is 59.7 Å². The van der Waals surface area contributed by atoms with Gasteiger partial charge in [-0.2, -0.15) is 0 Å². The first-order valence-electron chi connectivity index (χ1n) is 14.6. The van der Waals surface area contributed by atoms with Crippen LogP contribution in [-0.2, 0) is 12.6 Å². The molecule has 0 bridgehead atoms. The van der Waals surface area contributed by atoms with Crippen LogP contribution in [0.25, 0.3) is 22.0 Å². The molecule has 0 radical (unpaired) electrons. The molecule has 0 amide bonds. The van der Waals surface area contributed by atoms with Gasteiger partial charge in [-0.1, -0.05) is 6.07 Å². The minimum Gasteiger partial charge on any atom is -0.493 e. The second-order valence-corrected chi connectivity index (χ2v) is 12.1. The molecule has 0 spiro atoms. The number of aromatic nitrogens is 2. The number of fused-ring (bicyclic) bond motifs is 1. The molecule has 4 aromatic rings. The molecule has 2 saturated heterocycles. The molecule has 2 aliphatic heterocycles. The number of methoxy groups -OCH3 is 1. The van der Waals surface area contributed by atoms with Crippen LogP contribution in [0.4, 0.5) is 5.69 Å². The van der Waals surface area contributed by atoms with Gasteiger partial charge >= 0.3 is 0 Å². The standard InChI is InChI=1S/C33H40N4O4/c1-33(2,39)23-5-7-28(26(16-23)27-20-36(3)32(38)31-25(27)11-14-35-31)41-29-8-6-24(17-30(29)40-4)37-18-22(19-37)15-21-9-12-34-13-10-21/h5-8,11,14,16-17,20-22,34-35,39H,9-10,12-13,15,18-19H2,1-4H3. The third-order valence-electron chi connectivity index (χ3n) is 8.69. The zero-order chi connectivity index (χ0) is 28.7. The second-order valence-electron chi connectivity index (χ2n) is 12.1. The van der Waals surface area contributed by atoms with E-state index in [-0.39, 0.29) is 5.56 Å². The summed E-state index contributed by atoms with van der Waals surface area (Å²) in [6, 6.07) is 13.7. The van der Waals surface area contributed by atoms with Crippen molar-refractivity contribution in [3.8, 4) is 28.4 Å². The van der Waals surface area contributed by atoms with Gasteiger partial charge in [-0.15, -0.1) is 0 Å². The number of piperidine rings is 1. The SMILES string of the molecule is COc1cc(N2CC(CC3CCNCC3)C2)ccc1Oc1ccc(C(C)(C)O)cc1-c1cn(C)c(=O)c2[nH]ccc12. The average Bonchev–Trinajstić information content (AvgIpc) is 3.44. The first kappa shape index (κ1) is 27.4. The first-order chi connectivity index (χ1) is 19.7. The number of nitrogens with one attached hydrogen (secondary N) is 2. The van der Waals surface area contributed by atoms with E-state index in [1.54, 1.807) is 38.8 Å². The van der Waals surface area contributed by atoms with Crippen molar-refractivity contribution in [1.82, 2.24) is 14.9 Å². The van der Waals surface area contributed by atoms with Crippen LogP contribution in [0.3, 0.4) is 0 Å². The van der Waals surface area contributed by atoms with Crippen molar-refractivity contribution in [2.45, 2.75) is 38.7 Å². The third-order valence-corrected chi connectivity index (χ3v) is 8.69. The molecule has 4 heterocycles. The predicted molar refractivity (Wildman–Crippen MR) is 163 cm³/mol. The van der Waals surface area contributed by atoms with Crippen LogP contribution in [0.1, 0.15) is 38.7 Å². The van der Waals surface area contributed by atoms with Crippen molar-refractivity contribution in [1.29, 1.82) is 0 Å². The Hall–Kier alpha value is -3.75. The van der Waals surface area contributed by atoms with E-state index >= 15 is 0 Å². The highest BCUT2D eigenvalue weighted by atomic mass is 16.5. The molecule has 216 valence electrons. The Kier molecular flexibility index (Phi) is 7.30. The quantitative estimate of drug-likeness (QED) is 0.270. The van der Waals surface area contributed by atoms with E-state index in [1.165, 1.54) is 19.3 Å². The lowest BCUT2D eigenvalue weighted by molar-refractivity contribution is 0.0786. The summed E-state index contributed by atoms with van der Waals surface area (Å²) in [5.74, 6) is 3.48. The van der Waals surface area contributed by atoms with Crippen molar-refractivity contribution < 1.29 is 14.6 Å². The fourth-order valence-corrected chi connectivity index (χ4v) is 6.27. The van der Waals surface area contributed by atoms with Gasteiger partial charge in [0.2, 0.25) is 0 Å². The molecule has 6 rings (SSSR count). The minimum absolute atomic E-state index is 0.101. The van der Waals surface area contributed by atoms with E-state index in [0.29, 0.717) is 22.8 Å². The Labute approximate surface area is 240 Å². The summed E-state index contributed by atoms with van der Waals surface area (Å²) < 4.78 is 13.9.